The Labute approximate surface area is 94.4 Å². The molecule has 2 fully saturated rings. The van der Waals surface area contributed by atoms with E-state index in [2.05, 4.69) is 24.1 Å². The first-order valence-electron chi connectivity index (χ1n) is 6.66. The summed E-state index contributed by atoms with van der Waals surface area (Å²) in [6.45, 7) is 9.94. The molecule has 2 heteroatoms. The van der Waals surface area contributed by atoms with Gasteiger partial charge in [0.2, 0.25) is 0 Å². The highest BCUT2D eigenvalue weighted by atomic mass is 15.1. The Morgan fingerprint density at radius 2 is 1.93 bits per heavy atom. The summed E-state index contributed by atoms with van der Waals surface area (Å²) in [7, 11) is 0. The molecule has 1 aliphatic carbocycles. The van der Waals surface area contributed by atoms with Gasteiger partial charge in [-0.2, -0.15) is 0 Å². The Kier molecular flexibility index (Phi) is 3.68. The Bertz CT molecular complexity index is 193. The van der Waals surface area contributed by atoms with Gasteiger partial charge in [0, 0.05) is 6.04 Å². The maximum atomic E-state index is 3.68. The molecule has 2 aliphatic rings. The van der Waals surface area contributed by atoms with E-state index in [4.69, 9.17) is 0 Å². The van der Waals surface area contributed by atoms with Crippen LogP contribution in [0, 0.1) is 5.41 Å². The lowest BCUT2D eigenvalue weighted by atomic mass is 10.0. The van der Waals surface area contributed by atoms with E-state index in [1.165, 1.54) is 58.3 Å². The molecule has 0 aromatic rings. The highest BCUT2D eigenvalue weighted by molar-refractivity contribution is 4.96. The lowest BCUT2D eigenvalue weighted by Crippen LogP contribution is -2.35. The normalized spacial score (nSPS) is 26.8. The van der Waals surface area contributed by atoms with E-state index in [1.807, 2.05) is 0 Å². The standard InChI is InChI=1S/C13H26N2/c1-12(13(2)6-7-13)14-8-5-11-15-9-3-4-10-15/h12,14H,3-11H2,1-2H3. The molecule has 15 heavy (non-hydrogen) atoms. The van der Waals surface area contributed by atoms with Gasteiger partial charge in [-0.15, -0.1) is 0 Å². The van der Waals surface area contributed by atoms with Crippen molar-refractivity contribution in [3.63, 3.8) is 0 Å². The minimum Gasteiger partial charge on any atom is -0.314 e. The van der Waals surface area contributed by atoms with Crippen LogP contribution in [0.3, 0.4) is 0 Å². The van der Waals surface area contributed by atoms with Gasteiger partial charge in [-0.25, -0.2) is 0 Å². The van der Waals surface area contributed by atoms with E-state index in [1.54, 1.807) is 0 Å². The fourth-order valence-corrected chi connectivity index (χ4v) is 2.50. The van der Waals surface area contributed by atoms with Crippen molar-refractivity contribution in [2.24, 2.45) is 5.41 Å². The van der Waals surface area contributed by atoms with Crippen molar-refractivity contribution in [1.82, 2.24) is 10.2 Å². The van der Waals surface area contributed by atoms with Crippen LogP contribution in [0.1, 0.15) is 46.0 Å². The third kappa shape index (κ3) is 3.18. The van der Waals surface area contributed by atoms with Gasteiger partial charge in [0.25, 0.3) is 0 Å². The Morgan fingerprint density at radius 3 is 2.53 bits per heavy atom. The second kappa shape index (κ2) is 4.84. The molecule has 1 heterocycles. The zero-order valence-corrected chi connectivity index (χ0v) is 10.4. The third-order valence-electron chi connectivity index (χ3n) is 4.38. The summed E-state index contributed by atoms with van der Waals surface area (Å²) in [5, 5.41) is 3.68. The van der Waals surface area contributed by atoms with Gasteiger partial charge in [0.1, 0.15) is 0 Å². The van der Waals surface area contributed by atoms with E-state index in [-0.39, 0.29) is 0 Å². The number of nitrogens with one attached hydrogen (secondary N) is 1. The summed E-state index contributed by atoms with van der Waals surface area (Å²) in [5.74, 6) is 0. The molecule has 1 aliphatic heterocycles. The fourth-order valence-electron chi connectivity index (χ4n) is 2.50. The van der Waals surface area contributed by atoms with Crippen LogP contribution in [0.15, 0.2) is 0 Å². The Balaban J connectivity index is 1.51. The van der Waals surface area contributed by atoms with Crippen LogP contribution in [0.2, 0.25) is 0 Å². The van der Waals surface area contributed by atoms with Gasteiger partial charge in [0.05, 0.1) is 0 Å². The summed E-state index contributed by atoms with van der Waals surface area (Å²) in [6, 6.07) is 0.719. The monoisotopic (exact) mass is 210 g/mol. The minimum absolute atomic E-state index is 0.633. The topological polar surface area (TPSA) is 15.3 Å². The van der Waals surface area contributed by atoms with Crippen molar-refractivity contribution < 1.29 is 0 Å². The minimum atomic E-state index is 0.633. The third-order valence-corrected chi connectivity index (χ3v) is 4.38. The van der Waals surface area contributed by atoms with Gasteiger partial charge < -0.3 is 10.2 Å². The number of hydrogen-bond acceptors (Lipinski definition) is 2. The number of nitrogens with zero attached hydrogens (tertiary/aromatic N) is 1. The van der Waals surface area contributed by atoms with E-state index in [0.29, 0.717) is 5.41 Å². The second-order valence-corrected chi connectivity index (χ2v) is 5.73. The molecular formula is C13H26N2. The summed E-state index contributed by atoms with van der Waals surface area (Å²) in [5.41, 5.74) is 0.633. The first-order chi connectivity index (χ1) is 7.21. The molecule has 0 aromatic carbocycles. The van der Waals surface area contributed by atoms with Gasteiger partial charge in [-0.3, -0.25) is 0 Å². The van der Waals surface area contributed by atoms with Crippen molar-refractivity contribution >= 4 is 0 Å². The largest absolute Gasteiger partial charge is 0.314 e. The van der Waals surface area contributed by atoms with Crippen LogP contribution in [0.25, 0.3) is 0 Å². The molecule has 0 amide bonds. The predicted octanol–water partition coefficient (Wildman–Crippen LogP) is 2.25. The molecule has 0 radical (unpaired) electrons. The molecule has 0 aromatic heterocycles. The first kappa shape index (κ1) is 11.4. The highest BCUT2D eigenvalue weighted by Crippen LogP contribution is 2.47. The maximum Gasteiger partial charge on any atom is 0.00925 e. The van der Waals surface area contributed by atoms with Crippen LogP contribution in [0.4, 0.5) is 0 Å². The number of hydrogen-bond donors (Lipinski definition) is 1. The van der Waals surface area contributed by atoms with Crippen LogP contribution < -0.4 is 5.32 Å². The number of likely N-dealkylation sites (tertiary alicyclic amines) is 1. The van der Waals surface area contributed by atoms with Crippen molar-refractivity contribution in [3.05, 3.63) is 0 Å². The molecule has 2 nitrogen and oxygen atoms in total. The van der Waals surface area contributed by atoms with Gasteiger partial charge in [-0.05, 0) is 70.6 Å². The second-order valence-electron chi connectivity index (χ2n) is 5.73. The summed E-state index contributed by atoms with van der Waals surface area (Å²) < 4.78 is 0. The quantitative estimate of drug-likeness (QED) is 0.676. The average Bonchev–Trinajstić information content (AvgIpc) is 2.80. The summed E-state index contributed by atoms with van der Waals surface area (Å²) in [4.78, 5) is 2.60. The van der Waals surface area contributed by atoms with Gasteiger partial charge in [-0.1, -0.05) is 6.92 Å². The molecule has 88 valence electrons. The molecule has 1 saturated heterocycles. The van der Waals surface area contributed by atoms with Crippen LogP contribution >= 0.6 is 0 Å². The van der Waals surface area contributed by atoms with Crippen LogP contribution in [-0.4, -0.2) is 37.1 Å². The smallest absolute Gasteiger partial charge is 0.00925 e. The zero-order chi connectivity index (χ0) is 10.7. The van der Waals surface area contributed by atoms with Crippen LogP contribution in [0.5, 0.6) is 0 Å². The average molecular weight is 210 g/mol. The summed E-state index contributed by atoms with van der Waals surface area (Å²) in [6.07, 6.45) is 7.00. The van der Waals surface area contributed by atoms with E-state index >= 15 is 0 Å². The predicted molar refractivity (Wildman–Crippen MR) is 65.1 cm³/mol. The SMILES string of the molecule is CC(NCCCN1CCCC1)C1(C)CC1. The van der Waals surface area contributed by atoms with E-state index < -0.39 is 0 Å². The Hall–Kier alpha value is -0.0800. The van der Waals surface area contributed by atoms with Crippen molar-refractivity contribution in [3.8, 4) is 0 Å². The molecule has 1 N–H and O–H groups in total. The fraction of sp³-hybridized carbons (Fsp3) is 1.00. The lowest BCUT2D eigenvalue weighted by molar-refractivity contribution is 0.317. The van der Waals surface area contributed by atoms with Crippen molar-refractivity contribution in [1.29, 1.82) is 0 Å². The van der Waals surface area contributed by atoms with Gasteiger partial charge >= 0.3 is 0 Å². The molecule has 1 atom stereocenters. The molecule has 2 rings (SSSR count). The zero-order valence-electron chi connectivity index (χ0n) is 10.4. The highest BCUT2D eigenvalue weighted by Gasteiger charge is 2.41. The van der Waals surface area contributed by atoms with Crippen molar-refractivity contribution in [2.45, 2.75) is 52.0 Å². The lowest BCUT2D eigenvalue weighted by Gasteiger charge is -2.21. The van der Waals surface area contributed by atoms with Crippen molar-refractivity contribution in [2.75, 3.05) is 26.2 Å². The molecular weight excluding hydrogens is 184 g/mol. The maximum absolute atomic E-state index is 3.68. The van der Waals surface area contributed by atoms with Crippen LogP contribution in [-0.2, 0) is 0 Å². The van der Waals surface area contributed by atoms with E-state index in [0.717, 1.165) is 6.04 Å². The van der Waals surface area contributed by atoms with E-state index in [9.17, 15) is 0 Å². The molecule has 0 spiro atoms. The summed E-state index contributed by atoms with van der Waals surface area (Å²) >= 11 is 0. The van der Waals surface area contributed by atoms with Gasteiger partial charge in [0.15, 0.2) is 0 Å². The molecule has 0 bridgehead atoms. The molecule has 1 unspecified atom stereocenters. The number of rotatable bonds is 6. The first-order valence-corrected chi connectivity index (χ1v) is 6.66. The molecule has 1 saturated carbocycles. The Morgan fingerprint density at radius 1 is 1.27 bits per heavy atom.